The molecular weight excluding hydrogens is 1100 g/mol. The number of nitrogens with one attached hydrogen (secondary N) is 11. The summed E-state index contributed by atoms with van der Waals surface area (Å²) in [4.78, 5) is 177. The maximum absolute atomic E-state index is 14.0. The van der Waals surface area contributed by atoms with Crippen LogP contribution in [0.4, 0.5) is 0 Å². The number of aliphatic hydroxyl groups excluding tert-OH is 3. The highest BCUT2D eigenvalue weighted by Crippen LogP contribution is 2.13. The Morgan fingerprint density at radius 3 is 1.40 bits per heavy atom. The SMILES string of the molecule is CC[C@H](C)[C@H](NC(=O)[C@H](CO)NC(=O)[C@H](CO)NC(=O)[C@H](CC(C)C)NC(=O)[C@H](CCCCN)NC(=O)[C@H](Cc1cnc[nH]1)NC(=O)CCN)C(=O)N[C@@H](CC(=O)O)C(=O)N[C@H](C(=O)N[C@@H](CC(=O)O)C(=O)N[C@H](C(=O)O)C(C)C)[C@@H](C)O. The van der Waals surface area contributed by atoms with E-state index in [4.69, 9.17) is 11.5 Å². The number of aromatic nitrogens is 2. The Kier molecular flexibility index (Phi) is 32.8. The molecule has 12 atom stereocenters. The number of amides is 10. The van der Waals surface area contributed by atoms with Crippen molar-refractivity contribution in [1.82, 2.24) is 63.1 Å². The molecule has 21 N–H and O–H groups in total. The molecule has 0 aliphatic rings. The summed E-state index contributed by atoms with van der Waals surface area (Å²) < 4.78 is 0. The normalized spacial score (nSPS) is 15.5. The van der Waals surface area contributed by atoms with Gasteiger partial charge >= 0.3 is 17.9 Å². The van der Waals surface area contributed by atoms with E-state index in [2.05, 4.69) is 52.5 Å². The van der Waals surface area contributed by atoms with E-state index in [0.29, 0.717) is 18.5 Å². The Labute approximate surface area is 478 Å². The highest BCUT2D eigenvalue weighted by atomic mass is 16.4. The number of carboxylic acids is 3. The van der Waals surface area contributed by atoms with Gasteiger partial charge in [-0.05, 0) is 56.9 Å². The largest absolute Gasteiger partial charge is 0.481 e. The number of carbonyl (C=O) groups is 13. The first-order chi connectivity index (χ1) is 38.9. The molecule has 0 aliphatic heterocycles. The second-order valence-electron chi connectivity index (χ2n) is 20.4. The van der Waals surface area contributed by atoms with Gasteiger partial charge in [0.2, 0.25) is 59.1 Å². The maximum atomic E-state index is 14.0. The van der Waals surface area contributed by atoms with Crippen molar-refractivity contribution in [3.63, 3.8) is 0 Å². The van der Waals surface area contributed by atoms with Crippen LogP contribution in [0.1, 0.15) is 106 Å². The van der Waals surface area contributed by atoms with E-state index in [0.717, 1.165) is 6.92 Å². The molecule has 83 heavy (non-hydrogen) atoms. The van der Waals surface area contributed by atoms with Gasteiger partial charge in [-0.2, -0.15) is 0 Å². The first-order valence-electron chi connectivity index (χ1n) is 26.9. The van der Waals surface area contributed by atoms with E-state index in [-0.39, 0.29) is 51.1 Å². The van der Waals surface area contributed by atoms with Crippen LogP contribution in [-0.2, 0) is 68.7 Å². The Balaban J connectivity index is 3.36. The van der Waals surface area contributed by atoms with Crippen molar-refractivity contribution in [2.75, 3.05) is 26.3 Å². The molecule has 10 amide bonds. The van der Waals surface area contributed by atoms with Gasteiger partial charge in [-0.1, -0.05) is 48.0 Å². The fraction of sp³-hybridized carbons (Fsp3) is 0.680. The molecule has 0 saturated carbocycles. The summed E-state index contributed by atoms with van der Waals surface area (Å²) in [5.74, 6) is -17.5. The van der Waals surface area contributed by atoms with Gasteiger partial charge < -0.3 is 100 Å². The van der Waals surface area contributed by atoms with E-state index in [9.17, 15) is 93.0 Å². The monoisotopic (exact) mass is 1180 g/mol. The Hall–Kier alpha value is -7.88. The molecular formula is C50H84N14O19. The average Bonchev–Trinajstić information content (AvgIpc) is 3.97. The van der Waals surface area contributed by atoms with Crippen molar-refractivity contribution in [3.05, 3.63) is 18.2 Å². The number of imidazole rings is 1. The van der Waals surface area contributed by atoms with Crippen LogP contribution in [0.15, 0.2) is 12.5 Å². The number of aliphatic carboxylic acids is 3. The minimum absolute atomic E-state index is 0.00768. The molecule has 33 nitrogen and oxygen atoms in total. The van der Waals surface area contributed by atoms with Crippen LogP contribution in [0, 0.1) is 17.8 Å². The van der Waals surface area contributed by atoms with Crippen LogP contribution in [0.25, 0.3) is 0 Å². The van der Waals surface area contributed by atoms with E-state index in [1.807, 2.05) is 10.6 Å². The number of carboxylic acid groups (broad SMARTS) is 3. The van der Waals surface area contributed by atoms with Gasteiger partial charge in [0.05, 0.1) is 38.5 Å². The number of rotatable bonds is 40. The molecule has 0 unspecified atom stereocenters. The molecule has 468 valence electrons. The summed E-state index contributed by atoms with van der Waals surface area (Å²) in [5, 5.41) is 82.6. The Bertz CT molecular complexity index is 2360. The van der Waals surface area contributed by atoms with Crippen LogP contribution in [0.5, 0.6) is 0 Å². The van der Waals surface area contributed by atoms with Gasteiger partial charge in [-0.25, -0.2) is 9.78 Å². The lowest BCUT2D eigenvalue weighted by Crippen LogP contribution is -2.63. The zero-order valence-electron chi connectivity index (χ0n) is 47.5. The van der Waals surface area contributed by atoms with Gasteiger partial charge in [-0.3, -0.25) is 57.5 Å². The standard InChI is InChI=1S/C50H84N14O19/c1-8-25(6)39(48(80)58-32(18-37(71)72)45(77)64-40(26(7)67)49(81)59-31(17-36(69)70)44(76)62-38(24(4)5)50(82)83)63-47(79)34(21-66)61-46(78)33(20-65)60-42(74)29(15-23(2)3)57-41(73)28(11-9-10-13-51)56-43(75)30(55-35(68)12-14-52)16-27-19-53-22-54-27/h19,22-26,28-34,38-40,65-67H,8-18,20-21,51-52H2,1-7H3,(H,53,54)(H,55,68)(H,56,75)(H,57,73)(H,58,80)(H,59,81)(H,60,74)(H,61,78)(H,62,76)(H,63,79)(H,64,77)(H,69,70)(H,71,72)(H,82,83)/t25-,26+,28-,29-,30-,31-,32-,33-,34-,38-,39-,40-/m0/s1. The van der Waals surface area contributed by atoms with E-state index in [1.165, 1.54) is 33.3 Å². The van der Waals surface area contributed by atoms with Crippen molar-refractivity contribution in [1.29, 1.82) is 0 Å². The lowest BCUT2D eigenvalue weighted by molar-refractivity contribution is -0.144. The van der Waals surface area contributed by atoms with E-state index < -0.39 is 181 Å². The number of hydrogen-bond donors (Lipinski definition) is 19. The summed E-state index contributed by atoms with van der Waals surface area (Å²) in [5.41, 5.74) is 11.7. The zero-order chi connectivity index (χ0) is 63.3. The number of hydrogen-bond acceptors (Lipinski definition) is 19. The predicted octanol–water partition coefficient (Wildman–Crippen LogP) is -6.57. The van der Waals surface area contributed by atoms with Crippen molar-refractivity contribution in [3.8, 4) is 0 Å². The smallest absolute Gasteiger partial charge is 0.326 e. The lowest BCUT2D eigenvalue weighted by Gasteiger charge is -2.29. The van der Waals surface area contributed by atoms with Gasteiger partial charge in [0.15, 0.2) is 0 Å². The van der Waals surface area contributed by atoms with Crippen molar-refractivity contribution in [2.45, 2.75) is 173 Å². The number of H-pyrrole nitrogens is 1. The van der Waals surface area contributed by atoms with E-state index >= 15 is 0 Å². The van der Waals surface area contributed by atoms with Crippen LogP contribution in [0.2, 0.25) is 0 Å². The first kappa shape index (κ1) is 73.1. The van der Waals surface area contributed by atoms with Crippen molar-refractivity contribution >= 4 is 77.0 Å². The van der Waals surface area contributed by atoms with Crippen LogP contribution >= 0.6 is 0 Å². The van der Waals surface area contributed by atoms with Crippen LogP contribution < -0.4 is 64.6 Å². The van der Waals surface area contributed by atoms with Gasteiger partial charge in [-0.15, -0.1) is 0 Å². The zero-order valence-corrected chi connectivity index (χ0v) is 47.5. The average molecular weight is 1190 g/mol. The highest BCUT2D eigenvalue weighted by molar-refractivity contribution is 6.00. The molecule has 0 aromatic carbocycles. The second kappa shape index (κ2) is 37.3. The third-order valence-electron chi connectivity index (χ3n) is 12.7. The molecule has 1 aromatic heterocycles. The topological polar surface area (TPSA) is 544 Å². The molecule has 33 heteroatoms. The Morgan fingerprint density at radius 2 is 0.964 bits per heavy atom. The second-order valence-corrected chi connectivity index (χ2v) is 20.4. The molecule has 0 radical (unpaired) electrons. The molecule has 0 fully saturated rings. The van der Waals surface area contributed by atoms with Gasteiger partial charge in [0.25, 0.3) is 0 Å². The Morgan fingerprint density at radius 1 is 0.530 bits per heavy atom. The fourth-order valence-electron chi connectivity index (χ4n) is 7.84. The number of carbonyl (C=O) groups excluding carboxylic acids is 10. The highest BCUT2D eigenvalue weighted by Gasteiger charge is 2.39. The van der Waals surface area contributed by atoms with E-state index in [1.54, 1.807) is 20.8 Å². The summed E-state index contributed by atoms with van der Waals surface area (Å²) in [6.45, 7) is 8.29. The summed E-state index contributed by atoms with van der Waals surface area (Å²) in [6.07, 6.45) is -0.545. The molecule has 0 bridgehead atoms. The summed E-state index contributed by atoms with van der Waals surface area (Å²) in [7, 11) is 0. The molecule has 1 aromatic rings. The minimum Gasteiger partial charge on any atom is -0.481 e. The van der Waals surface area contributed by atoms with Crippen molar-refractivity contribution in [2.24, 2.45) is 29.2 Å². The minimum atomic E-state index is -2.07. The maximum Gasteiger partial charge on any atom is 0.326 e. The number of nitrogens with zero attached hydrogens (tertiary/aromatic N) is 1. The molecule has 0 saturated heterocycles. The van der Waals surface area contributed by atoms with Crippen molar-refractivity contribution < 1.29 is 93.0 Å². The number of nitrogens with two attached hydrogens (primary N) is 2. The van der Waals surface area contributed by atoms with Crippen LogP contribution in [-0.4, -0.2) is 210 Å². The predicted molar refractivity (Wildman–Crippen MR) is 290 cm³/mol. The third kappa shape index (κ3) is 26.3. The first-order valence-corrected chi connectivity index (χ1v) is 26.9. The fourth-order valence-corrected chi connectivity index (χ4v) is 7.84. The van der Waals surface area contributed by atoms with Gasteiger partial charge in [0.1, 0.15) is 60.4 Å². The summed E-state index contributed by atoms with van der Waals surface area (Å²) in [6, 6.07) is -16.9. The van der Waals surface area contributed by atoms with Crippen LogP contribution in [0.3, 0.4) is 0 Å². The quantitative estimate of drug-likeness (QED) is 0.0272. The molecule has 0 aliphatic carbocycles. The molecule has 1 heterocycles. The lowest BCUT2D eigenvalue weighted by atomic mass is 9.97. The molecule has 0 spiro atoms. The number of aromatic amines is 1. The molecule has 1 rings (SSSR count). The summed E-state index contributed by atoms with van der Waals surface area (Å²) >= 11 is 0. The number of aliphatic hydroxyl groups is 3. The third-order valence-corrected chi connectivity index (χ3v) is 12.7. The number of unbranched alkanes of at least 4 members (excludes halogenated alkanes) is 1. The van der Waals surface area contributed by atoms with Gasteiger partial charge in [0, 0.05) is 31.3 Å².